The lowest BCUT2D eigenvalue weighted by Gasteiger charge is -2.19. The number of nitrogens with zero attached hydrogens (tertiary/aromatic N) is 1. The molecule has 0 N–H and O–H groups in total. The molecule has 0 saturated carbocycles. The third kappa shape index (κ3) is 2.68. The second kappa shape index (κ2) is 3.86. The SMILES string of the molecule is CC1(C)COC(c2ccc(C(C)(C)C)cc2)=N1. The third-order valence-corrected chi connectivity index (χ3v) is 2.96. The molecular weight excluding hydrogens is 210 g/mol. The maximum Gasteiger partial charge on any atom is 0.216 e. The van der Waals surface area contributed by atoms with Crippen LogP contribution in [0.1, 0.15) is 45.7 Å². The summed E-state index contributed by atoms with van der Waals surface area (Å²) in [5.41, 5.74) is 2.51. The molecule has 2 nitrogen and oxygen atoms in total. The van der Waals surface area contributed by atoms with E-state index < -0.39 is 0 Å². The summed E-state index contributed by atoms with van der Waals surface area (Å²) in [7, 11) is 0. The van der Waals surface area contributed by atoms with Crippen molar-refractivity contribution in [2.24, 2.45) is 4.99 Å². The van der Waals surface area contributed by atoms with Crippen LogP contribution in [0.15, 0.2) is 29.3 Å². The van der Waals surface area contributed by atoms with Gasteiger partial charge in [-0.2, -0.15) is 0 Å². The van der Waals surface area contributed by atoms with Crippen LogP contribution in [0.5, 0.6) is 0 Å². The summed E-state index contributed by atoms with van der Waals surface area (Å²) < 4.78 is 5.63. The van der Waals surface area contributed by atoms with Crippen LogP contribution in [0.4, 0.5) is 0 Å². The average molecular weight is 231 g/mol. The fraction of sp³-hybridized carbons (Fsp3) is 0.533. The van der Waals surface area contributed by atoms with Gasteiger partial charge in [0, 0.05) is 5.56 Å². The summed E-state index contributed by atoms with van der Waals surface area (Å²) in [5.74, 6) is 0.774. The first-order valence-corrected chi connectivity index (χ1v) is 6.11. The predicted octanol–water partition coefficient (Wildman–Crippen LogP) is 3.54. The summed E-state index contributed by atoms with van der Waals surface area (Å²) >= 11 is 0. The van der Waals surface area contributed by atoms with Gasteiger partial charge in [-0.1, -0.05) is 32.9 Å². The van der Waals surface area contributed by atoms with Crippen LogP contribution in [0.25, 0.3) is 0 Å². The van der Waals surface area contributed by atoms with Crippen molar-refractivity contribution < 1.29 is 4.74 Å². The molecule has 1 aliphatic rings. The largest absolute Gasteiger partial charge is 0.475 e. The van der Waals surface area contributed by atoms with Crippen molar-refractivity contribution in [3.8, 4) is 0 Å². The first-order chi connectivity index (χ1) is 7.78. The van der Waals surface area contributed by atoms with E-state index in [1.165, 1.54) is 5.56 Å². The zero-order valence-electron chi connectivity index (χ0n) is 11.4. The quantitative estimate of drug-likeness (QED) is 0.724. The molecule has 0 amide bonds. The Kier molecular flexibility index (Phi) is 2.76. The average Bonchev–Trinajstić information content (AvgIpc) is 2.58. The van der Waals surface area contributed by atoms with Crippen molar-refractivity contribution in [1.82, 2.24) is 0 Å². The number of hydrogen-bond acceptors (Lipinski definition) is 2. The van der Waals surface area contributed by atoms with Gasteiger partial charge in [0.05, 0.1) is 5.54 Å². The minimum atomic E-state index is -0.0853. The van der Waals surface area contributed by atoms with Crippen molar-refractivity contribution >= 4 is 5.90 Å². The van der Waals surface area contributed by atoms with Gasteiger partial charge in [0.1, 0.15) is 6.61 Å². The highest BCUT2D eigenvalue weighted by atomic mass is 16.5. The summed E-state index contributed by atoms with van der Waals surface area (Å²) in [4.78, 5) is 4.58. The number of rotatable bonds is 1. The summed E-state index contributed by atoms with van der Waals surface area (Å²) in [6, 6.07) is 8.51. The normalized spacial score (nSPS) is 18.8. The molecule has 17 heavy (non-hydrogen) atoms. The monoisotopic (exact) mass is 231 g/mol. The Morgan fingerprint density at radius 2 is 1.71 bits per heavy atom. The number of ether oxygens (including phenoxy) is 1. The van der Waals surface area contributed by atoms with Crippen LogP contribution in [-0.2, 0) is 10.2 Å². The van der Waals surface area contributed by atoms with Gasteiger partial charge in [-0.05, 0) is 37.0 Å². The predicted molar refractivity (Wildman–Crippen MR) is 71.7 cm³/mol. The molecule has 2 rings (SSSR count). The lowest BCUT2D eigenvalue weighted by molar-refractivity contribution is 0.279. The van der Waals surface area contributed by atoms with Gasteiger partial charge in [-0.25, -0.2) is 4.99 Å². The Balaban J connectivity index is 2.26. The second-order valence-electron chi connectivity index (χ2n) is 6.35. The molecule has 92 valence electrons. The minimum absolute atomic E-state index is 0.0853. The molecule has 0 aromatic heterocycles. The van der Waals surface area contributed by atoms with E-state index in [0.29, 0.717) is 6.61 Å². The Bertz CT molecular complexity index is 435. The Morgan fingerprint density at radius 1 is 1.12 bits per heavy atom. The van der Waals surface area contributed by atoms with E-state index in [9.17, 15) is 0 Å². The Labute approximate surface area is 104 Å². The standard InChI is InChI=1S/C15H21NO/c1-14(2,3)12-8-6-11(7-9-12)13-16-15(4,5)10-17-13/h6-9H,10H2,1-5H3. The molecule has 1 aliphatic heterocycles. The fourth-order valence-corrected chi connectivity index (χ4v) is 1.85. The highest BCUT2D eigenvalue weighted by Gasteiger charge is 2.27. The molecule has 0 unspecified atom stereocenters. The Hall–Kier alpha value is -1.31. The van der Waals surface area contributed by atoms with Crippen LogP contribution in [0.2, 0.25) is 0 Å². The van der Waals surface area contributed by atoms with Crippen LogP contribution < -0.4 is 0 Å². The molecule has 1 aromatic rings. The summed E-state index contributed by atoms with van der Waals surface area (Å²) in [5, 5.41) is 0. The van der Waals surface area contributed by atoms with Crippen molar-refractivity contribution in [2.75, 3.05) is 6.61 Å². The molecule has 0 spiro atoms. The number of hydrogen-bond donors (Lipinski definition) is 0. The highest BCUT2D eigenvalue weighted by Crippen LogP contribution is 2.24. The molecule has 1 aromatic carbocycles. The van der Waals surface area contributed by atoms with Crippen molar-refractivity contribution in [3.05, 3.63) is 35.4 Å². The topological polar surface area (TPSA) is 21.6 Å². The summed E-state index contributed by atoms with van der Waals surface area (Å²) in [6.45, 7) is 11.5. The lowest BCUT2D eigenvalue weighted by atomic mass is 9.87. The minimum Gasteiger partial charge on any atom is -0.475 e. The highest BCUT2D eigenvalue weighted by molar-refractivity contribution is 5.95. The van der Waals surface area contributed by atoms with Crippen LogP contribution in [0, 0.1) is 0 Å². The van der Waals surface area contributed by atoms with Gasteiger partial charge in [0.25, 0.3) is 0 Å². The zero-order chi connectivity index (χ0) is 12.7. The van der Waals surface area contributed by atoms with Gasteiger partial charge in [-0.15, -0.1) is 0 Å². The third-order valence-electron chi connectivity index (χ3n) is 2.96. The first kappa shape index (κ1) is 12.2. The number of aliphatic imine (C=N–C) groups is 1. The number of benzene rings is 1. The van der Waals surface area contributed by atoms with E-state index in [0.717, 1.165) is 11.5 Å². The molecule has 2 heteroatoms. The van der Waals surface area contributed by atoms with E-state index in [4.69, 9.17) is 4.74 Å². The van der Waals surface area contributed by atoms with Crippen LogP contribution >= 0.6 is 0 Å². The molecule has 0 aliphatic carbocycles. The van der Waals surface area contributed by atoms with E-state index in [2.05, 4.69) is 63.9 Å². The summed E-state index contributed by atoms with van der Waals surface area (Å²) in [6.07, 6.45) is 0. The lowest BCUT2D eigenvalue weighted by Crippen LogP contribution is -2.17. The van der Waals surface area contributed by atoms with Crippen LogP contribution in [0.3, 0.4) is 0 Å². The fourth-order valence-electron chi connectivity index (χ4n) is 1.85. The van der Waals surface area contributed by atoms with Gasteiger partial charge < -0.3 is 4.74 Å². The van der Waals surface area contributed by atoms with E-state index in [1.54, 1.807) is 0 Å². The van der Waals surface area contributed by atoms with Gasteiger partial charge in [-0.3, -0.25) is 0 Å². The maximum absolute atomic E-state index is 5.63. The van der Waals surface area contributed by atoms with Gasteiger partial charge in [0.15, 0.2) is 0 Å². The van der Waals surface area contributed by atoms with Crippen molar-refractivity contribution in [2.45, 2.75) is 45.6 Å². The van der Waals surface area contributed by atoms with Gasteiger partial charge in [0.2, 0.25) is 5.90 Å². The van der Waals surface area contributed by atoms with Crippen molar-refractivity contribution in [1.29, 1.82) is 0 Å². The zero-order valence-corrected chi connectivity index (χ0v) is 11.4. The smallest absolute Gasteiger partial charge is 0.216 e. The molecule has 0 bridgehead atoms. The molecule has 0 fully saturated rings. The molecular formula is C15H21NO. The van der Waals surface area contributed by atoms with E-state index in [1.807, 2.05) is 0 Å². The van der Waals surface area contributed by atoms with E-state index >= 15 is 0 Å². The van der Waals surface area contributed by atoms with Crippen LogP contribution in [-0.4, -0.2) is 18.0 Å². The second-order valence-corrected chi connectivity index (χ2v) is 6.35. The first-order valence-electron chi connectivity index (χ1n) is 6.11. The molecule has 0 saturated heterocycles. The van der Waals surface area contributed by atoms with Gasteiger partial charge >= 0.3 is 0 Å². The maximum atomic E-state index is 5.63. The van der Waals surface area contributed by atoms with Crippen molar-refractivity contribution in [3.63, 3.8) is 0 Å². The molecule has 0 radical (unpaired) electrons. The molecule has 1 heterocycles. The van der Waals surface area contributed by atoms with E-state index in [-0.39, 0.29) is 11.0 Å². The Morgan fingerprint density at radius 3 is 2.12 bits per heavy atom. The molecule has 0 atom stereocenters.